The number of rotatable bonds is 7. The second-order valence-electron chi connectivity index (χ2n) is 6.69. The van der Waals surface area contributed by atoms with Crippen LogP contribution in [0.15, 0.2) is 36.7 Å². The zero-order chi connectivity index (χ0) is 17.8. The fourth-order valence-corrected chi connectivity index (χ4v) is 3.54. The molecule has 6 heteroatoms. The Morgan fingerprint density at radius 2 is 2.00 bits per heavy atom. The molecule has 4 rings (SSSR count). The summed E-state index contributed by atoms with van der Waals surface area (Å²) >= 11 is 0. The van der Waals surface area contributed by atoms with Gasteiger partial charge in [0, 0.05) is 38.6 Å². The molecule has 1 aromatic heterocycles. The largest absolute Gasteiger partial charge is 0.493 e. The molecule has 1 saturated heterocycles. The van der Waals surface area contributed by atoms with Gasteiger partial charge in [0.1, 0.15) is 0 Å². The van der Waals surface area contributed by atoms with E-state index < -0.39 is 0 Å². The molecule has 1 atom stereocenters. The highest BCUT2D eigenvalue weighted by Crippen LogP contribution is 2.42. The van der Waals surface area contributed by atoms with E-state index in [1.165, 1.54) is 5.56 Å². The van der Waals surface area contributed by atoms with E-state index in [0.29, 0.717) is 11.9 Å². The zero-order valence-electron chi connectivity index (χ0n) is 15.0. The van der Waals surface area contributed by atoms with Gasteiger partial charge in [0.15, 0.2) is 11.5 Å². The molecule has 0 amide bonds. The van der Waals surface area contributed by atoms with Crippen molar-refractivity contribution < 1.29 is 18.9 Å². The minimum absolute atomic E-state index is 0.242. The van der Waals surface area contributed by atoms with E-state index in [1.54, 1.807) is 7.11 Å². The number of benzene rings is 1. The molecule has 2 aromatic rings. The average Bonchev–Trinajstić information content (AvgIpc) is 3.33. The Balaban J connectivity index is 1.53. The van der Waals surface area contributed by atoms with Crippen molar-refractivity contribution in [1.29, 1.82) is 0 Å². The van der Waals surface area contributed by atoms with E-state index in [9.17, 15) is 0 Å². The predicted octanol–water partition coefficient (Wildman–Crippen LogP) is 3.00. The van der Waals surface area contributed by atoms with Crippen LogP contribution in [0.5, 0.6) is 17.2 Å². The molecule has 0 unspecified atom stereocenters. The molecule has 0 spiro atoms. The number of methoxy groups -OCH3 is 1. The third-order valence-corrected chi connectivity index (χ3v) is 4.77. The normalized spacial score (nSPS) is 18.5. The van der Waals surface area contributed by atoms with Crippen molar-refractivity contribution in [2.45, 2.75) is 32.0 Å². The topological polar surface area (TPSA) is 53.1 Å². The Labute approximate surface area is 153 Å². The van der Waals surface area contributed by atoms with Crippen molar-refractivity contribution in [3.05, 3.63) is 47.8 Å². The molecule has 0 bridgehead atoms. The molecule has 138 valence electrons. The van der Waals surface area contributed by atoms with Crippen LogP contribution in [0.1, 0.15) is 24.0 Å². The van der Waals surface area contributed by atoms with E-state index in [1.807, 2.05) is 24.5 Å². The van der Waals surface area contributed by atoms with Crippen LogP contribution in [0.2, 0.25) is 0 Å². The highest BCUT2D eigenvalue weighted by atomic mass is 16.7. The standard InChI is InChI=1S/C20H24N2O4/c1-23-18-9-16(10-19-20(18)26-14-25-19)12-22(13-17-3-2-8-24-17)11-15-4-6-21-7-5-15/h4-7,9-10,17H,2-3,8,11-14H2,1H3/t17-/m0/s1. The van der Waals surface area contributed by atoms with Gasteiger partial charge in [-0.3, -0.25) is 9.88 Å². The Morgan fingerprint density at radius 3 is 2.77 bits per heavy atom. The van der Waals surface area contributed by atoms with Crippen LogP contribution >= 0.6 is 0 Å². The summed E-state index contributed by atoms with van der Waals surface area (Å²) in [6.45, 7) is 3.64. The third-order valence-electron chi connectivity index (χ3n) is 4.77. The second kappa shape index (κ2) is 7.93. The van der Waals surface area contributed by atoms with Crippen molar-refractivity contribution in [2.75, 3.05) is 27.1 Å². The maximum atomic E-state index is 5.85. The molecule has 0 saturated carbocycles. The third kappa shape index (κ3) is 3.92. The summed E-state index contributed by atoms with van der Waals surface area (Å²) in [5.74, 6) is 2.16. The predicted molar refractivity (Wildman–Crippen MR) is 96.4 cm³/mol. The quantitative estimate of drug-likeness (QED) is 0.760. The highest BCUT2D eigenvalue weighted by Gasteiger charge is 2.23. The Kier molecular flexibility index (Phi) is 5.22. The Morgan fingerprint density at radius 1 is 1.15 bits per heavy atom. The number of hydrogen-bond donors (Lipinski definition) is 0. The number of ether oxygens (including phenoxy) is 4. The average molecular weight is 356 g/mol. The fraction of sp³-hybridized carbons (Fsp3) is 0.450. The molecule has 0 N–H and O–H groups in total. The van der Waals surface area contributed by atoms with Crippen molar-refractivity contribution in [1.82, 2.24) is 9.88 Å². The molecular weight excluding hydrogens is 332 g/mol. The smallest absolute Gasteiger partial charge is 0.231 e. The van der Waals surface area contributed by atoms with Crippen molar-refractivity contribution >= 4 is 0 Å². The van der Waals surface area contributed by atoms with E-state index in [-0.39, 0.29) is 6.79 Å². The monoisotopic (exact) mass is 356 g/mol. The summed E-state index contributed by atoms with van der Waals surface area (Å²) in [6.07, 6.45) is 6.24. The van der Waals surface area contributed by atoms with Crippen LogP contribution in [-0.2, 0) is 17.8 Å². The minimum Gasteiger partial charge on any atom is -0.493 e. The Bertz CT molecular complexity index is 732. The summed E-state index contributed by atoms with van der Waals surface area (Å²) in [5.41, 5.74) is 2.38. The SMILES string of the molecule is COc1cc(CN(Cc2ccncc2)C[C@@H]2CCCO2)cc2c1OCO2. The molecule has 6 nitrogen and oxygen atoms in total. The molecule has 0 aliphatic carbocycles. The van der Waals surface area contributed by atoms with Crippen LogP contribution in [0.4, 0.5) is 0 Å². The van der Waals surface area contributed by atoms with E-state index >= 15 is 0 Å². The number of hydrogen-bond acceptors (Lipinski definition) is 6. The molecule has 26 heavy (non-hydrogen) atoms. The van der Waals surface area contributed by atoms with Crippen molar-refractivity contribution in [3.8, 4) is 17.2 Å². The minimum atomic E-state index is 0.242. The molecule has 2 aliphatic heterocycles. The first-order valence-electron chi connectivity index (χ1n) is 9.01. The number of aromatic nitrogens is 1. The molecule has 2 aliphatic rings. The first kappa shape index (κ1) is 17.1. The summed E-state index contributed by atoms with van der Waals surface area (Å²) < 4.78 is 22.4. The summed E-state index contributed by atoms with van der Waals surface area (Å²) in [6, 6.07) is 8.19. The highest BCUT2D eigenvalue weighted by molar-refractivity contribution is 5.55. The lowest BCUT2D eigenvalue weighted by atomic mass is 10.1. The summed E-state index contributed by atoms with van der Waals surface area (Å²) in [7, 11) is 1.65. The molecular formula is C20H24N2O4. The van der Waals surface area contributed by atoms with Gasteiger partial charge in [-0.15, -0.1) is 0 Å². The van der Waals surface area contributed by atoms with Gasteiger partial charge in [-0.2, -0.15) is 0 Å². The first-order valence-corrected chi connectivity index (χ1v) is 9.01. The van der Waals surface area contributed by atoms with Gasteiger partial charge in [-0.05, 0) is 48.2 Å². The van der Waals surface area contributed by atoms with Gasteiger partial charge in [-0.1, -0.05) is 0 Å². The maximum Gasteiger partial charge on any atom is 0.231 e. The number of pyridine rings is 1. The zero-order valence-corrected chi connectivity index (χ0v) is 15.0. The van der Waals surface area contributed by atoms with E-state index in [0.717, 1.165) is 56.1 Å². The van der Waals surface area contributed by atoms with Crippen LogP contribution < -0.4 is 14.2 Å². The summed E-state index contributed by atoms with van der Waals surface area (Å²) in [5, 5.41) is 0. The fourth-order valence-electron chi connectivity index (χ4n) is 3.54. The van der Waals surface area contributed by atoms with Gasteiger partial charge >= 0.3 is 0 Å². The van der Waals surface area contributed by atoms with Crippen molar-refractivity contribution in [2.24, 2.45) is 0 Å². The van der Waals surface area contributed by atoms with Crippen molar-refractivity contribution in [3.63, 3.8) is 0 Å². The molecule has 0 radical (unpaired) electrons. The molecule has 1 fully saturated rings. The number of nitrogens with zero attached hydrogens (tertiary/aromatic N) is 2. The van der Waals surface area contributed by atoms with Gasteiger partial charge in [0.2, 0.25) is 12.5 Å². The van der Waals surface area contributed by atoms with Crippen LogP contribution in [0, 0.1) is 0 Å². The van der Waals surface area contributed by atoms with Gasteiger partial charge in [0.25, 0.3) is 0 Å². The van der Waals surface area contributed by atoms with E-state index in [2.05, 4.69) is 22.0 Å². The molecule has 3 heterocycles. The summed E-state index contributed by atoms with van der Waals surface area (Å²) in [4.78, 5) is 6.52. The second-order valence-corrected chi connectivity index (χ2v) is 6.69. The first-order chi connectivity index (χ1) is 12.8. The van der Waals surface area contributed by atoms with Crippen LogP contribution in [-0.4, -0.2) is 43.0 Å². The van der Waals surface area contributed by atoms with Crippen LogP contribution in [0.3, 0.4) is 0 Å². The van der Waals surface area contributed by atoms with Gasteiger partial charge < -0.3 is 18.9 Å². The lowest BCUT2D eigenvalue weighted by molar-refractivity contribution is 0.0678. The van der Waals surface area contributed by atoms with Gasteiger partial charge in [0.05, 0.1) is 13.2 Å². The Hall–Kier alpha value is -2.31. The lowest BCUT2D eigenvalue weighted by Crippen LogP contribution is -2.31. The van der Waals surface area contributed by atoms with Gasteiger partial charge in [-0.25, -0.2) is 0 Å². The number of fused-ring (bicyclic) bond motifs is 1. The molecule has 1 aromatic carbocycles. The van der Waals surface area contributed by atoms with Crippen LogP contribution in [0.25, 0.3) is 0 Å². The lowest BCUT2D eigenvalue weighted by Gasteiger charge is -2.25. The maximum absolute atomic E-state index is 5.85. The van der Waals surface area contributed by atoms with E-state index in [4.69, 9.17) is 18.9 Å².